The van der Waals surface area contributed by atoms with E-state index in [2.05, 4.69) is 39.3 Å². The zero-order valence-corrected chi connectivity index (χ0v) is 15.4. The fraction of sp³-hybridized carbons (Fsp3) is 0.500. The van der Waals surface area contributed by atoms with Gasteiger partial charge < -0.3 is 13.6 Å². The molecule has 0 radical (unpaired) electrons. The van der Waals surface area contributed by atoms with Gasteiger partial charge in [-0.1, -0.05) is 6.07 Å². The minimum absolute atomic E-state index is 0.389. The van der Waals surface area contributed by atoms with Crippen LogP contribution in [0.4, 0.5) is 0 Å². The Morgan fingerprint density at radius 1 is 0.900 bits per heavy atom. The Morgan fingerprint density at radius 3 is 1.60 bits per heavy atom. The van der Waals surface area contributed by atoms with Crippen molar-refractivity contribution < 1.29 is 18.4 Å². The highest BCUT2D eigenvalue weighted by Crippen LogP contribution is 2.32. The molecule has 0 saturated carbocycles. The third-order valence-electron chi connectivity index (χ3n) is 2.21. The Bertz CT molecular complexity index is 453. The molecule has 1 aromatic carbocycles. The summed E-state index contributed by atoms with van der Waals surface area (Å²) in [5.41, 5.74) is 0.389. The maximum absolute atomic E-state index is 12.1. The highest BCUT2D eigenvalue weighted by Gasteiger charge is 2.27. The van der Waals surface area contributed by atoms with Crippen molar-refractivity contribution in [2.45, 2.75) is 39.3 Å². The molecule has 0 amide bonds. The molecule has 1 rings (SSSR count). The number of esters is 1. The van der Waals surface area contributed by atoms with E-state index in [0.29, 0.717) is 17.1 Å². The van der Waals surface area contributed by atoms with Crippen LogP contribution in [-0.2, 0) is 4.74 Å². The smallest absolute Gasteiger partial charge is 0.345 e. The van der Waals surface area contributed by atoms with Crippen LogP contribution in [0.5, 0.6) is 11.5 Å². The van der Waals surface area contributed by atoms with Gasteiger partial charge in [-0.25, -0.2) is 4.79 Å². The van der Waals surface area contributed by atoms with Gasteiger partial charge in [0.25, 0.3) is 0 Å². The SMILES string of the molecule is COC(=O)c1c(O[Si](C)(C)C)cccc1O[Si](C)(C)C. The zero-order valence-electron chi connectivity index (χ0n) is 13.4. The Labute approximate surface area is 123 Å². The van der Waals surface area contributed by atoms with E-state index in [0.717, 1.165) is 0 Å². The largest absolute Gasteiger partial charge is 0.544 e. The van der Waals surface area contributed by atoms with Crippen LogP contribution >= 0.6 is 0 Å². The molecule has 0 aliphatic heterocycles. The Balaban J connectivity index is 3.31. The van der Waals surface area contributed by atoms with Gasteiger partial charge in [-0.3, -0.25) is 0 Å². The van der Waals surface area contributed by atoms with Crippen LogP contribution < -0.4 is 8.85 Å². The van der Waals surface area contributed by atoms with E-state index in [1.54, 1.807) is 12.1 Å². The van der Waals surface area contributed by atoms with Gasteiger partial charge in [0.1, 0.15) is 17.1 Å². The molecule has 0 bridgehead atoms. The van der Waals surface area contributed by atoms with Crippen molar-refractivity contribution in [2.24, 2.45) is 0 Å². The first kappa shape index (κ1) is 16.8. The predicted octanol–water partition coefficient (Wildman–Crippen LogP) is 3.90. The summed E-state index contributed by atoms with van der Waals surface area (Å²) in [7, 11) is -2.28. The summed E-state index contributed by atoms with van der Waals surface area (Å²) in [6, 6.07) is 5.43. The summed E-state index contributed by atoms with van der Waals surface area (Å²) in [5.74, 6) is 0.672. The van der Waals surface area contributed by atoms with E-state index >= 15 is 0 Å². The number of ether oxygens (including phenoxy) is 1. The lowest BCUT2D eigenvalue weighted by atomic mass is 10.2. The molecule has 0 N–H and O–H groups in total. The summed E-state index contributed by atoms with van der Waals surface area (Å²) in [6.45, 7) is 12.4. The predicted molar refractivity (Wildman–Crippen MR) is 85.7 cm³/mol. The lowest BCUT2D eigenvalue weighted by Gasteiger charge is -2.25. The van der Waals surface area contributed by atoms with Gasteiger partial charge in [0.05, 0.1) is 7.11 Å². The van der Waals surface area contributed by atoms with Crippen molar-refractivity contribution in [2.75, 3.05) is 7.11 Å². The summed E-state index contributed by atoms with van der Waals surface area (Å²) >= 11 is 0. The summed E-state index contributed by atoms with van der Waals surface area (Å²) < 4.78 is 16.8. The average Bonchev–Trinajstić information content (AvgIpc) is 2.24. The van der Waals surface area contributed by atoms with Crippen LogP contribution in [0.25, 0.3) is 0 Å². The Kier molecular flexibility index (Phi) is 5.04. The van der Waals surface area contributed by atoms with Crippen LogP contribution in [-0.4, -0.2) is 29.7 Å². The van der Waals surface area contributed by atoms with Crippen LogP contribution in [0.1, 0.15) is 10.4 Å². The lowest BCUT2D eigenvalue weighted by molar-refractivity contribution is 0.0596. The molecule has 0 heterocycles. The standard InChI is InChI=1S/C14H24O4Si2/c1-16-14(15)13-11(17-19(2,3)4)9-8-10-12(13)18-20(5,6)7/h8-10H,1-7H3. The molecule has 0 aliphatic carbocycles. The molecular weight excluding hydrogens is 288 g/mol. The number of benzene rings is 1. The maximum Gasteiger partial charge on any atom is 0.345 e. The number of carbonyl (C=O) groups excluding carboxylic acids is 1. The highest BCUT2D eigenvalue weighted by atomic mass is 28.4. The van der Waals surface area contributed by atoms with Gasteiger partial charge in [-0.15, -0.1) is 0 Å². The van der Waals surface area contributed by atoms with E-state index in [9.17, 15) is 4.79 Å². The minimum Gasteiger partial charge on any atom is -0.544 e. The maximum atomic E-state index is 12.1. The fourth-order valence-corrected chi connectivity index (χ4v) is 3.30. The molecule has 112 valence electrons. The van der Waals surface area contributed by atoms with Gasteiger partial charge in [-0.2, -0.15) is 0 Å². The third-order valence-corrected chi connectivity index (χ3v) is 3.87. The molecule has 6 heteroatoms. The monoisotopic (exact) mass is 312 g/mol. The second-order valence-corrected chi connectivity index (χ2v) is 15.4. The van der Waals surface area contributed by atoms with Crippen LogP contribution in [0.15, 0.2) is 18.2 Å². The third kappa shape index (κ3) is 5.01. The minimum atomic E-state index is -1.82. The van der Waals surface area contributed by atoms with E-state index in [-0.39, 0.29) is 0 Å². The van der Waals surface area contributed by atoms with Crippen molar-refractivity contribution in [3.05, 3.63) is 23.8 Å². The highest BCUT2D eigenvalue weighted by molar-refractivity contribution is 6.71. The molecule has 0 aliphatic rings. The summed E-state index contributed by atoms with van der Waals surface area (Å²) in [6.07, 6.45) is 0. The molecule has 0 unspecified atom stereocenters. The van der Waals surface area contributed by atoms with Crippen molar-refractivity contribution in [3.63, 3.8) is 0 Å². The molecule has 0 aromatic heterocycles. The van der Waals surface area contributed by atoms with Gasteiger partial charge in [0, 0.05) is 0 Å². The normalized spacial score (nSPS) is 11.9. The molecule has 1 aromatic rings. The molecule has 0 saturated heterocycles. The van der Waals surface area contributed by atoms with Gasteiger partial charge in [-0.05, 0) is 51.4 Å². The van der Waals surface area contributed by atoms with E-state index in [1.807, 2.05) is 6.07 Å². The Hall–Kier alpha value is -1.28. The van der Waals surface area contributed by atoms with Crippen LogP contribution in [0.2, 0.25) is 39.3 Å². The number of methoxy groups -OCH3 is 1. The number of hydrogen-bond donors (Lipinski definition) is 0. The molecule has 0 atom stereocenters. The van der Waals surface area contributed by atoms with E-state index in [4.69, 9.17) is 13.6 Å². The van der Waals surface area contributed by atoms with Crippen LogP contribution in [0, 0.1) is 0 Å². The van der Waals surface area contributed by atoms with Crippen LogP contribution in [0.3, 0.4) is 0 Å². The first-order valence-corrected chi connectivity index (χ1v) is 13.4. The summed E-state index contributed by atoms with van der Waals surface area (Å²) in [5, 5.41) is 0. The second-order valence-electron chi connectivity index (χ2n) is 6.55. The van der Waals surface area contributed by atoms with Crippen molar-refractivity contribution in [3.8, 4) is 11.5 Å². The van der Waals surface area contributed by atoms with E-state index in [1.165, 1.54) is 7.11 Å². The van der Waals surface area contributed by atoms with E-state index < -0.39 is 22.6 Å². The van der Waals surface area contributed by atoms with Crippen molar-refractivity contribution in [1.82, 2.24) is 0 Å². The second kappa shape index (κ2) is 6.01. The Morgan fingerprint density at radius 2 is 1.30 bits per heavy atom. The first-order chi connectivity index (χ1) is 9.03. The van der Waals surface area contributed by atoms with Gasteiger partial charge >= 0.3 is 5.97 Å². The first-order valence-electron chi connectivity index (χ1n) is 6.63. The molecule has 20 heavy (non-hydrogen) atoms. The van der Waals surface area contributed by atoms with Gasteiger partial charge in [0.2, 0.25) is 16.6 Å². The fourth-order valence-electron chi connectivity index (χ4n) is 1.64. The molecular formula is C14H24O4Si2. The van der Waals surface area contributed by atoms with Gasteiger partial charge in [0.15, 0.2) is 0 Å². The molecule has 0 fully saturated rings. The summed E-state index contributed by atoms with van der Waals surface area (Å²) in [4.78, 5) is 12.1. The van der Waals surface area contributed by atoms with Crippen molar-refractivity contribution in [1.29, 1.82) is 0 Å². The average molecular weight is 313 g/mol. The number of rotatable bonds is 5. The molecule has 0 spiro atoms. The van der Waals surface area contributed by atoms with Crippen molar-refractivity contribution >= 4 is 22.6 Å². The zero-order chi connectivity index (χ0) is 15.6. The number of hydrogen-bond acceptors (Lipinski definition) is 4. The quantitative estimate of drug-likeness (QED) is 0.611. The molecule has 4 nitrogen and oxygen atoms in total. The topological polar surface area (TPSA) is 44.8 Å². The lowest BCUT2D eigenvalue weighted by Crippen LogP contribution is -2.32. The number of carbonyl (C=O) groups is 1.